The second-order valence-corrected chi connectivity index (χ2v) is 8.75. The zero-order valence-electron chi connectivity index (χ0n) is 13.2. The summed E-state index contributed by atoms with van der Waals surface area (Å²) >= 11 is 0. The van der Waals surface area contributed by atoms with E-state index in [-0.39, 0.29) is 29.8 Å². The Kier molecular flexibility index (Phi) is 4.75. The van der Waals surface area contributed by atoms with E-state index in [0.29, 0.717) is 25.9 Å². The zero-order valence-corrected chi connectivity index (χ0v) is 14.1. The minimum atomic E-state index is -3.21. The molecular formula is C15H26N2O4S. The Bertz CT molecular complexity index is 516. The number of ether oxygens (including phenoxy) is 1. The summed E-state index contributed by atoms with van der Waals surface area (Å²) in [5.41, 5.74) is 0. The van der Waals surface area contributed by atoms with Gasteiger partial charge in [0.2, 0.25) is 15.9 Å². The fourth-order valence-electron chi connectivity index (χ4n) is 3.74. The number of morpholine rings is 1. The highest BCUT2D eigenvalue weighted by atomic mass is 32.2. The van der Waals surface area contributed by atoms with Crippen LogP contribution in [0, 0.1) is 5.92 Å². The Morgan fingerprint density at radius 2 is 1.95 bits per heavy atom. The van der Waals surface area contributed by atoms with Crippen molar-refractivity contribution >= 4 is 15.9 Å². The van der Waals surface area contributed by atoms with Gasteiger partial charge in [0, 0.05) is 26.2 Å². The molecule has 3 saturated heterocycles. The second kappa shape index (κ2) is 6.45. The van der Waals surface area contributed by atoms with Gasteiger partial charge in [-0.15, -0.1) is 0 Å². The average molecular weight is 330 g/mol. The van der Waals surface area contributed by atoms with E-state index in [1.807, 2.05) is 11.8 Å². The quantitative estimate of drug-likeness (QED) is 0.749. The lowest BCUT2D eigenvalue weighted by molar-refractivity contribution is -0.136. The highest BCUT2D eigenvalue weighted by Crippen LogP contribution is 2.35. The lowest BCUT2D eigenvalue weighted by Crippen LogP contribution is -2.48. The Morgan fingerprint density at radius 3 is 2.64 bits per heavy atom. The zero-order chi connectivity index (χ0) is 15.7. The molecule has 126 valence electrons. The first-order valence-corrected chi connectivity index (χ1v) is 10.0. The summed E-state index contributed by atoms with van der Waals surface area (Å²) in [5, 5.41) is 0. The maximum atomic E-state index is 12.6. The second-order valence-electron chi connectivity index (χ2n) is 6.66. The van der Waals surface area contributed by atoms with Gasteiger partial charge in [0.05, 0.1) is 23.9 Å². The van der Waals surface area contributed by atoms with Gasteiger partial charge in [0.25, 0.3) is 0 Å². The van der Waals surface area contributed by atoms with Crippen molar-refractivity contribution in [2.75, 3.05) is 31.9 Å². The third-order valence-corrected chi connectivity index (χ3v) is 6.90. The van der Waals surface area contributed by atoms with Crippen LogP contribution in [0.2, 0.25) is 0 Å². The van der Waals surface area contributed by atoms with Crippen molar-refractivity contribution < 1.29 is 17.9 Å². The van der Waals surface area contributed by atoms with Gasteiger partial charge in [0.15, 0.2) is 0 Å². The van der Waals surface area contributed by atoms with Crippen LogP contribution in [0.25, 0.3) is 0 Å². The topological polar surface area (TPSA) is 66.9 Å². The lowest BCUT2D eigenvalue weighted by atomic mass is 9.99. The van der Waals surface area contributed by atoms with Gasteiger partial charge in [-0.25, -0.2) is 8.42 Å². The van der Waals surface area contributed by atoms with Crippen LogP contribution in [0.3, 0.4) is 0 Å². The van der Waals surface area contributed by atoms with Gasteiger partial charge < -0.3 is 9.64 Å². The number of hydrogen-bond acceptors (Lipinski definition) is 4. The van der Waals surface area contributed by atoms with Crippen molar-refractivity contribution in [1.82, 2.24) is 9.21 Å². The molecule has 0 saturated carbocycles. The molecular weight excluding hydrogens is 304 g/mol. The minimum Gasteiger partial charge on any atom is -0.371 e. The molecule has 3 atom stereocenters. The van der Waals surface area contributed by atoms with Crippen LogP contribution in [0.5, 0.6) is 0 Å². The molecule has 3 aliphatic rings. The van der Waals surface area contributed by atoms with E-state index in [9.17, 15) is 13.2 Å². The molecule has 0 aromatic rings. The Balaban J connectivity index is 1.65. The summed E-state index contributed by atoms with van der Waals surface area (Å²) in [6.45, 7) is 4.42. The largest absolute Gasteiger partial charge is 0.371 e. The molecule has 0 aromatic heterocycles. The maximum absolute atomic E-state index is 12.6. The fraction of sp³-hybridized carbons (Fsp3) is 0.933. The van der Waals surface area contributed by atoms with Crippen LogP contribution in [-0.4, -0.2) is 67.7 Å². The smallest absolute Gasteiger partial charge is 0.228 e. The molecule has 0 unspecified atom stereocenters. The molecule has 2 bridgehead atoms. The van der Waals surface area contributed by atoms with Crippen LogP contribution in [-0.2, 0) is 19.6 Å². The summed E-state index contributed by atoms with van der Waals surface area (Å²) in [6.07, 6.45) is 3.99. The number of nitrogens with zero attached hydrogens (tertiary/aromatic N) is 2. The van der Waals surface area contributed by atoms with E-state index in [1.54, 1.807) is 4.31 Å². The van der Waals surface area contributed by atoms with Crippen molar-refractivity contribution in [1.29, 1.82) is 0 Å². The first-order chi connectivity index (χ1) is 10.5. The molecule has 3 fully saturated rings. The third-order valence-electron chi connectivity index (χ3n) is 5.01. The number of fused-ring (bicyclic) bond motifs is 2. The van der Waals surface area contributed by atoms with Crippen LogP contribution >= 0.6 is 0 Å². The molecule has 6 nitrogen and oxygen atoms in total. The molecule has 3 rings (SSSR count). The highest BCUT2D eigenvalue weighted by molar-refractivity contribution is 7.89. The van der Waals surface area contributed by atoms with Crippen molar-refractivity contribution in [2.45, 2.75) is 51.2 Å². The molecule has 3 heterocycles. The number of rotatable bonds is 5. The standard InChI is InChI=1S/C15H26N2O4S/c1-2-3-8-22(19,20)17-10-12-9-13(14(11-17)21-12)15(18)16-6-4-5-7-16/h12-14H,2-11H2,1H3/t12-,13+,14-/m1/s1. The summed E-state index contributed by atoms with van der Waals surface area (Å²) in [5.74, 6) is 0.209. The number of hydrogen-bond donors (Lipinski definition) is 0. The van der Waals surface area contributed by atoms with Crippen LogP contribution < -0.4 is 0 Å². The van der Waals surface area contributed by atoms with Crippen LogP contribution in [0.1, 0.15) is 39.0 Å². The molecule has 1 amide bonds. The Hall–Kier alpha value is -0.660. The summed E-state index contributed by atoms with van der Waals surface area (Å²) in [4.78, 5) is 14.5. The average Bonchev–Trinajstić information content (AvgIpc) is 3.12. The van der Waals surface area contributed by atoms with E-state index in [4.69, 9.17) is 4.74 Å². The van der Waals surface area contributed by atoms with E-state index < -0.39 is 10.0 Å². The van der Waals surface area contributed by atoms with E-state index in [0.717, 1.165) is 32.4 Å². The maximum Gasteiger partial charge on any atom is 0.228 e. The number of likely N-dealkylation sites (tertiary alicyclic amines) is 1. The fourth-order valence-corrected chi connectivity index (χ4v) is 5.42. The molecule has 3 aliphatic heterocycles. The van der Waals surface area contributed by atoms with E-state index >= 15 is 0 Å². The normalized spacial score (nSPS) is 32.6. The molecule has 22 heavy (non-hydrogen) atoms. The number of sulfonamides is 1. The molecule has 7 heteroatoms. The lowest BCUT2D eigenvalue weighted by Gasteiger charge is -2.32. The van der Waals surface area contributed by atoms with Crippen LogP contribution in [0.4, 0.5) is 0 Å². The Morgan fingerprint density at radius 1 is 1.23 bits per heavy atom. The molecule has 0 aliphatic carbocycles. The summed E-state index contributed by atoms with van der Waals surface area (Å²) in [7, 11) is -3.21. The highest BCUT2D eigenvalue weighted by Gasteiger charge is 2.48. The molecule has 0 radical (unpaired) electrons. The number of unbranched alkanes of at least 4 members (excludes halogenated alkanes) is 1. The van der Waals surface area contributed by atoms with Gasteiger partial charge in [-0.3, -0.25) is 4.79 Å². The van der Waals surface area contributed by atoms with Crippen molar-refractivity contribution in [3.8, 4) is 0 Å². The molecule has 0 aromatic carbocycles. The van der Waals surface area contributed by atoms with Gasteiger partial charge in [-0.2, -0.15) is 4.31 Å². The first-order valence-electron chi connectivity index (χ1n) is 8.43. The number of carbonyl (C=O) groups excluding carboxylic acids is 1. The number of amides is 1. The predicted molar refractivity (Wildman–Crippen MR) is 82.8 cm³/mol. The minimum absolute atomic E-state index is 0.119. The summed E-state index contributed by atoms with van der Waals surface area (Å²) in [6, 6.07) is 0. The Labute approximate surface area is 132 Å². The van der Waals surface area contributed by atoms with Gasteiger partial charge in [-0.05, 0) is 25.7 Å². The van der Waals surface area contributed by atoms with E-state index in [2.05, 4.69) is 0 Å². The summed E-state index contributed by atoms with van der Waals surface area (Å²) < 4.78 is 32.2. The predicted octanol–water partition coefficient (Wildman–Crippen LogP) is 0.828. The van der Waals surface area contributed by atoms with Crippen LogP contribution in [0.15, 0.2) is 0 Å². The molecule has 0 spiro atoms. The third kappa shape index (κ3) is 3.16. The number of carbonyl (C=O) groups is 1. The van der Waals surface area contributed by atoms with Gasteiger partial charge in [0.1, 0.15) is 0 Å². The van der Waals surface area contributed by atoms with Crippen molar-refractivity contribution in [3.05, 3.63) is 0 Å². The first kappa shape index (κ1) is 16.2. The molecule has 0 N–H and O–H groups in total. The van der Waals surface area contributed by atoms with Crippen molar-refractivity contribution in [2.24, 2.45) is 5.92 Å². The van der Waals surface area contributed by atoms with Gasteiger partial charge in [-0.1, -0.05) is 13.3 Å². The SMILES string of the molecule is CCCCS(=O)(=O)N1C[C@H]2C[C@H](C(=O)N3CCCC3)[C@@H](C1)O2. The van der Waals surface area contributed by atoms with Gasteiger partial charge >= 0.3 is 0 Å². The monoisotopic (exact) mass is 330 g/mol. The van der Waals surface area contributed by atoms with E-state index in [1.165, 1.54) is 0 Å². The van der Waals surface area contributed by atoms with Crippen molar-refractivity contribution in [3.63, 3.8) is 0 Å².